The second-order valence-corrected chi connectivity index (χ2v) is 7.93. The van der Waals surface area contributed by atoms with Crippen LogP contribution in [0.5, 0.6) is 11.5 Å². The monoisotopic (exact) mass is 487 g/mol. The number of aliphatic carboxylic acids is 1. The minimum absolute atomic E-state index is 0.147. The number of ether oxygens (including phenoxy) is 2. The normalized spacial score (nSPS) is 11.8. The zero-order valence-corrected chi connectivity index (χ0v) is 19.0. The van der Waals surface area contributed by atoms with Gasteiger partial charge in [-0.15, -0.1) is 5.10 Å². The number of nitrogens with one attached hydrogen (secondary N) is 1. The van der Waals surface area contributed by atoms with E-state index in [1.165, 1.54) is 20.9 Å². The molecule has 0 spiro atoms. The number of hydrogen-bond acceptors (Lipinski definition) is 8. The maximum atomic E-state index is 12.4. The SMILES string of the molecule is Cn1nc(NCCCOc2ccc(OC(C)(C)C(=O)[O-])cc2)c(=O)n(CCCC(F)(F)F)c1=O. The van der Waals surface area contributed by atoms with Gasteiger partial charge in [0.2, 0.25) is 5.82 Å². The number of carboxylic acid groups (broad SMARTS) is 1. The van der Waals surface area contributed by atoms with Gasteiger partial charge in [-0.25, -0.2) is 9.48 Å². The lowest BCUT2D eigenvalue weighted by molar-refractivity contribution is -0.320. The average Bonchev–Trinajstić information content (AvgIpc) is 2.74. The van der Waals surface area contributed by atoms with Crippen LogP contribution in [0.15, 0.2) is 33.9 Å². The zero-order valence-electron chi connectivity index (χ0n) is 19.0. The quantitative estimate of drug-likeness (QED) is 0.441. The van der Waals surface area contributed by atoms with E-state index in [2.05, 4.69) is 10.4 Å². The number of benzene rings is 1. The van der Waals surface area contributed by atoms with Crippen LogP contribution in [0.2, 0.25) is 0 Å². The topological polar surface area (TPSA) is 128 Å². The molecule has 0 atom stereocenters. The lowest BCUT2D eigenvalue weighted by Crippen LogP contribution is -2.47. The van der Waals surface area contributed by atoms with Crippen LogP contribution in [0.1, 0.15) is 33.1 Å². The number of aryl methyl sites for hydroxylation is 1. The average molecular weight is 487 g/mol. The first kappa shape index (κ1) is 26.7. The number of alkyl halides is 3. The van der Waals surface area contributed by atoms with Gasteiger partial charge in [-0.3, -0.25) is 9.36 Å². The third-order valence-electron chi connectivity index (χ3n) is 4.62. The number of carbonyl (C=O) groups excluding carboxylic acids is 1. The molecule has 0 aliphatic carbocycles. The minimum Gasteiger partial charge on any atom is -0.546 e. The first-order valence-corrected chi connectivity index (χ1v) is 10.4. The van der Waals surface area contributed by atoms with Crippen LogP contribution in [-0.4, -0.2) is 45.2 Å². The first-order valence-electron chi connectivity index (χ1n) is 10.4. The maximum Gasteiger partial charge on any atom is 0.389 e. The number of aromatic nitrogens is 3. The Balaban J connectivity index is 1.86. The van der Waals surface area contributed by atoms with Crippen LogP contribution in [0, 0.1) is 0 Å². The van der Waals surface area contributed by atoms with Crippen LogP contribution in [0.4, 0.5) is 19.0 Å². The fraction of sp³-hybridized carbons (Fsp3) is 0.524. The summed E-state index contributed by atoms with van der Waals surface area (Å²) in [7, 11) is 1.30. The molecule has 188 valence electrons. The second-order valence-electron chi connectivity index (χ2n) is 7.93. The molecule has 1 aromatic carbocycles. The van der Waals surface area contributed by atoms with Crippen LogP contribution < -0.4 is 31.1 Å². The van der Waals surface area contributed by atoms with E-state index in [0.29, 0.717) is 17.9 Å². The summed E-state index contributed by atoms with van der Waals surface area (Å²) >= 11 is 0. The molecule has 13 heteroatoms. The summed E-state index contributed by atoms with van der Waals surface area (Å²) in [6.45, 7) is 2.88. The fourth-order valence-electron chi connectivity index (χ4n) is 2.78. The van der Waals surface area contributed by atoms with E-state index in [9.17, 15) is 32.7 Å². The third-order valence-corrected chi connectivity index (χ3v) is 4.62. The van der Waals surface area contributed by atoms with Crippen molar-refractivity contribution in [1.29, 1.82) is 0 Å². The molecule has 0 radical (unpaired) electrons. The number of carbonyl (C=O) groups is 1. The van der Waals surface area contributed by atoms with Gasteiger partial charge in [-0.1, -0.05) is 0 Å². The molecule has 2 aromatic rings. The Morgan fingerprint density at radius 2 is 1.74 bits per heavy atom. The number of rotatable bonds is 12. The Morgan fingerprint density at radius 1 is 1.12 bits per heavy atom. The van der Waals surface area contributed by atoms with Gasteiger partial charge in [0.1, 0.15) is 17.1 Å². The van der Waals surface area contributed by atoms with Crippen LogP contribution in [0.25, 0.3) is 0 Å². The molecule has 0 unspecified atom stereocenters. The molecule has 2 rings (SSSR count). The maximum absolute atomic E-state index is 12.4. The highest BCUT2D eigenvalue weighted by molar-refractivity contribution is 5.74. The van der Waals surface area contributed by atoms with Crippen molar-refractivity contribution in [2.45, 2.75) is 51.4 Å². The molecular formula is C21H26F3N4O6-. The molecule has 1 N–H and O–H groups in total. The number of anilines is 1. The molecule has 0 aliphatic rings. The first-order chi connectivity index (χ1) is 15.8. The number of nitrogens with zero attached hydrogens (tertiary/aromatic N) is 3. The molecule has 0 fully saturated rings. The standard InChI is InChI=1S/C21H27F3N4O6/c1-20(2,18(30)31)34-15-8-6-14(7-9-15)33-13-5-11-25-16-17(29)28(19(32)27(3)26-16)12-4-10-21(22,23)24/h6-9H,4-5,10-13H2,1-3H3,(H,25,26)(H,30,31)/p-1. The van der Waals surface area contributed by atoms with E-state index in [1.807, 2.05) is 0 Å². The van der Waals surface area contributed by atoms with Crippen molar-refractivity contribution in [2.24, 2.45) is 7.05 Å². The summed E-state index contributed by atoms with van der Waals surface area (Å²) in [5.41, 5.74) is -3.07. The largest absolute Gasteiger partial charge is 0.546 e. The van der Waals surface area contributed by atoms with Crippen LogP contribution in [-0.2, 0) is 18.4 Å². The molecule has 0 amide bonds. The number of hydrogen-bond donors (Lipinski definition) is 1. The Kier molecular flexibility index (Phi) is 8.71. The summed E-state index contributed by atoms with van der Waals surface area (Å²) < 4.78 is 49.6. The van der Waals surface area contributed by atoms with Crippen molar-refractivity contribution in [1.82, 2.24) is 14.3 Å². The Hall–Kier alpha value is -3.51. The highest BCUT2D eigenvalue weighted by Gasteiger charge is 2.26. The summed E-state index contributed by atoms with van der Waals surface area (Å²) in [4.78, 5) is 35.5. The van der Waals surface area contributed by atoms with E-state index in [4.69, 9.17) is 9.47 Å². The molecule has 34 heavy (non-hydrogen) atoms. The predicted molar refractivity (Wildman–Crippen MR) is 114 cm³/mol. The van der Waals surface area contributed by atoms with E-state index in [0.717, 1.165) is 9.25 Å². The summed E-state index contributed by atoms with van der Waals surface area (Å²) in [6.07, 6.45) is -5.44. The number of halogens is 3. The van der Waals surface area contributed by atoms with Crippen molar-refractivity contribution < 1.29 is 32.5 Å². The third kappa shape index (κ3) is 7.81. The van der Waals surface area contributed by atoms with Gasteiger partial charge in [0.15, 0.2) is 0 Å². The molecule has 0 saturated carbocycles. The van der Waals surface area contributed by atoms with Crippen molar-refractivity contribution in [3.05, 3.63) is 45.1 Å². The Morgan fingerprint density at radius 3 is 2.32 bits per heavy atom. The van der Waals surface area contributed by atoms with Gasteiger partial charge in [0.05, 0.1) is 12.6 Å². The molecular weight excluding hydrogens is 461 g/mol. The Bertz CT molecular complexity index is 1090. The number of carboxylic acids is 1. The van der Waals surface area contributed by atoms with Crippen LogP contribution in [0.3, 0.4) is 0 Å². The van der Waals surface area contributed by atoms with Gasteiger partial charge in [0.25, 0.3) is 5.56 Å². The fourth-order valence-corrected chi connectivity index (χ4v) is 2.78. The van der Waals surface area contributed by atoms with E-state index in [1.54, 1.807) is 24.3 Å². The summed E-state index contributed by atoms with van der Waals surface area (Å²) in [5.74, 6) is -0.658. The van der Waals surface area contributed by atoms with Gasteiger partial charge < -0.3 is 24.7 Å². The van der Waals surface area contributed by atoms with Crippen molar-refractivity contribution in [3.63, 3.8) is 0 Å². The molecule has 0 aliphatic heterocycles. The van der Waals surface area contributed by atoms with Gasteiger partial charge in [0, 0.05) is 26.6 Å². The lowest BCUT2D eigenvalue weighted by Gasteiger charge is -2.27. The molecule has 0 bridgehead atoms. The highest BCUT2D eigenvalue weighted by atomic mass is 19.4. The summed E-state index contributed by atoms with van der Waals surface area (Å²) in [6, 6.07) is 6.30. The Labute approximate surface area is 192 Å². The van der Waals surface area contributed by atoms with Crippen LogP contribution >= 0.6 is 0 Å². The molecule has 10 nitrogen and oxygen atoms in total. The van der Waals surface area contributed by atoms with E-state index < -0.39 is 41.8 Å². The molecule has 0 saturated heterocycles. The van der Waals surface area contributed by atoms with Crippen molar-refractivity contribution >= 4 is 11.8 Å². The minimum atomic E-state index is -4.37. The molecule has 1 aromatic heterocycles. The lowest BCUT2D eigenvalue weighted by atomic mass is 10.1. The van der Waals surface area contributed by atoms with Gasteiger partial charge in [-0.05, 0) is 51.0 Å². The molecule has 1 heterocycles. The smallest absolute Gasteiger partial charge is 0.389 e. The second kappa shape index (κ2) is 11.1. The van der Waals surface area contributed by atoms with E-state index in [-0.39, 0.29) is 25.5 Å². The summed E-state index contributed by atoms with van der Waals surface area (Å²) in [5, 5.41) is 17.6. The van der Waals surface area contributed by atoms with Crippen molar-refractivity contribution in [3.8, 4) is 11.5 Å². The zero-order chi connectivity index (χ0) is 25.5. The highest BCUT2D eigenvalue weighted by Crippen LogP contribution is 2.22. The van der Waals surface area contributed by atoms with Gasteiger partial charge in [-0.2, -0.15) is 13.2 Å². The van der Waals surface area contributed by atoms with Gasteiger partial charge >= 0.3 is 11.9 Å². The predicted octanol–water partition coefficient (Wildman–Crippen LogP) is 1.07. The van der Waals surface area contributed by atoms with E-state index >= 15 is 0 Å². The van der Waals surface area contributed by atoms with Crippen molar-refractivity contribution in [2.75, 3.05) is 18.5 Å².